The van der Waals surface area contributed by atoms with Gasteiger partial charge in [0.15, 0.2) is 0 Å². The van der Waals surface area contributed by atoms with Gasteiger partial charge in [-0.2, -0.15) is 0 Å². The van der Waals surface area contributed by atoms with Crippen molar-refractivity contribution in [1.82, 2.24) is 0 Å². The molecule has 0 amide bonds. The Balaban J connectivity index is 2.01. The molecule has 0 atom stereocenters. The van der Waals surface area contributed by atoms with E-state index < -0.39 is 0 Å². The van der Waals surface area contributed by atoms with E-state index in [1.54, 1.807) is 0 Å². The van der Waals surface area contributed by atoms with E-state index in [2.05, 4.69) is 74.5 Å². The van der Waals surface area contributed by atoms with Crippen molar-refractivity contribution in [3.8, 4) is 10.4 Å². The Kier molecular flexibility index (Phi) is 3.06. The molecule has 0 saturated heterocycles. The zero-order valence-electron chi connectivity index (χ0n) is 13.6. The number of rotatable bonds is 1. The van der Waals surface area contributed by atoms with E-state index in [1.807, 2.05) is 22.7 Å². The number of thiophene rings is 2. The normalized spacial score (nSPS) is 11.8. The minimum absolute atomic E-state index is 1.31. The molecule has 0 aliphatic carbocycles. The third kappa shape index (κ3) is 2.10. The van der Waals surface area contributed by atoms with Gasteiger partial charge in [-0.1, -0.05) is 24.3 Å². The third-order valence-corrected chi connectivity index (χ3v) is 6.70. The molecule has 3 aromatic carbocycles. The summed E-state index contributed by atoms with van der Waals surface area (Å²) in [4.78, 5) is 4.11. The quantitative estimate of drug-likeness (QED) is 0.275. The van der Waals surface area contributed by atoms with Crippen molar-refractivity contribution in [2.24, 2.45) is 0 Å². The van der Waals surface area contributed by atoms with Gasteiger partial charge in [-0.3, -0.25) is 0 Å². The van der Waals surface area contributed by atoms with Crippen molar-refractivity contribution in [2.75, 3.05) is 0 Å². The van der Waals surface area contributed by atoms with E-state index in [4.69, 9.17) is 0 Å². The predicted molar refractivity (Wildman–Crippen MR) is 110 cm³/mol. The maximum absolute atomic E-state index is 2.36. The Morgan fingerprint density at radius 1 is 0.625 bits per heavy atom. The standard InChI is InChI=1S/C22H16S2/c1-13-7-8-20(23-13)21-19-12-16-6-4-3-5-15(16)10-17(19)11-18-9-14(2)24-22(18)21/h3-12H,1-2H3. The molecular formula is C22H16S2. The Labute approximate surface area is 149 Å². The summed E-state index contributed by atoms with van der Waals surface area (Å²) in [6.07, 6.45) is 0. The molecular weight excluding hydrogens is 328 g/mol. The van der Waals surface area contributed by atoms with Gasteiger partial charge in [-0.25, -0.2) is 0 Å². The molecule has 116 valence electrons. The van der Waals surface area contributed by atoms with E-state index in [9.17, 15) is 0 Å². The van der Waals surface area contributed by atoms with Gasteiger partial charge < -0.3 is 0 Å². The average Bonchev–Trinajstić information content (AvgIpc) is 3.15. The van der Waals surface area contributed by atoms with Crippen LogP contribution in [-0.2, 0) is 0 Å². The molecule has 0 fully saturated rings. The molecule has 0 spiro atoms. The number of benzene rings is 3. The lowest BCUT2D eigenvalue weighted by molar-refractivity contribution is 1.64. The molecule has 0 bridgehead atoms. The van der Waals surface area contributed by atoms with Crippen molar-refractivity contribution >= 4 is 54.3 Å². The second-order valence-electron chi connectivity index (χ2n) is 6.36. The van der Waals surface area contributed by atoms with Crippen LogP contribution < -0.4 is 0 Å². The van der Waals surface area contributed by atoms with Gasteiger partial charge in [-0.15, -0.1) is 22.7 Å². The molecule has 24 heavy (non-hydrogen) atoms. The van der Waals surface area contributed by atoms with Gasteiger partial charge in [0.2, 0.25) is 0 Å². The lowest BCUT2D eigenvalue weighted by atomic mass is 9.97. The van der Waals surface area contributed by atoms with Crippen LogP contribution in [0.3, 0.4) is 0 Å². The van der Waals surface area contributed by atoms with E-state index >= 15 is 0 Å². The molecule has 0 unspecified atom stereocenters. The van der Waals surface area contributed by atoms with Crippen molar-refractivity contribution in [3.05, 3.63) is 70.4 Å². The van der Waals surface area contributed by atoms with Crippen LogP contribution in [0.25, 0.3) is 42.1 Å². The first-order valence-corrected chi connectivity index (χ1v) is 9.75. The third-order valence-electron chi connectivity index (χ3n) is 4.60. The van der Waals surface area contributed by atoms with Gasteiger partial charge in [0.1, 0.15) is 0 Å². The van der Waals surface area contributed by atoms with Gasteiger partial charge in [0.05, 0.1) is 0 Å². The lowest BCUT2D eigenvalue weighted by Gasteiger charge is -2.09. The first-order valence-electron chi connectivity index (χ1n) is 8.11. The molecule has 2 aromatic heterocycles. The first kappa shape index (κ1) is 14.2. The minimum atomic E-state index is 1.31. The fourth-order valence-electron chi connectivity index (χ4n) is 3.53. The monoisotopic (exact) mass is 344 g/mol. The summed E-state index contributed by atoms with van der Waals surface area (Å²) in [6, 6.07) is 22.5. The number of hydrogen-bond acceptors (Lipinski definition) is 2. The molecule has 0 aliphatic heterocycles. The number of aryl methyl sites for hydroxylation is 2. The minimum Gasteiger partial charge on any atom is -0.141 e. The van der Waals surface area contributed by atoms with Crippen molar-refractivity contribution in [3.63, 3.8) is 0 Å². The fraction of sp³-hybridized carbons (Fsp3) is 0.0909. The Morgan fingerprint density at radius 3 is 2.12 bits per heavy atom. The highest BCUT2D eigenvalue weighted by Gasteiger charge is 2.14. The maximum atomic E-state index is 2.36. The van der Waals surface area contributed by atoms with Gasteiger partial charge in [0, 0.05) is 24.9 Å². The highest BCUT2D eigenvalue weighted by molar-refractivity contribution is 7.21. The van der Waals surface area contributed by atoms with Crippen LogP contribution in [0.4, 0.5) is 0 Å². The second kappa shape index (κ2) is 5.17. The summed E-state index contributed by atoms with van der Waals surface area (Å²) >= 11 is 3.80. The highest BCUT2D eigenvalue weighted by atomic mass is 32.1. The smallest absolute Gasteiger partial charge is 0.0438 e. The van der Waals surface area contributed by atoms with Crippen LogP contribution in [0, 0.1) is 13.8 Å². The molecule has 0 saturated carbocycles. The summed E-state index contributed by atoms with van der Waals surface area (Å²) < 4.78 is 1.41. The lowest BCUT2D eigenvalue weighted by Crippen LogP contribution is -1.82. The van der Waals surface area contributed by atoms with Crippen molar-refractivity contribution in [2.45, 2.75) is 13.8 Å². The molecule has 0 N–H and O–H groups in total. The van der Waals surface area contributed by atoms with Gasteiger partial charge in [0.25, 0.3) is 0 Å². The van der Waals surface area contributed by atoms with E-state index in [-0.39, 0.29) is 0 Å². The average molecular weight is 345 g/mol. The van der Waals surface area contributed by atoms with Gasteiger partial charge >= 0.3 is 0 Å². The molecule has 2 heterocycles. The summed E-state index contributed by atoms with van der Waals surface area (Å²) in [6.45, 7) is 4.39. The van der Waals surface area contributed by atoms with E-state index in [0.29, 0.717) is 0 Å². The molecule has 0 nitrogen and oxygen atoms in total. The fourth-order valence-corrected chi connectivity index (χ4v) is 5.60. The zero-order chi connectivity index (χ0) is 16.3. The van der Waals surface area contributed by atoms with Crippen molar-refractivity contribution < 1.29 is 0 Å². The summed E-state index contributed by atoms with van der Waals surface area (Å²) in [7, 11) is 0. The van der Waals surface area contributed by atoms with E-state index in [1.165, 1.54) is 51.8 Å². The second-order valence-corrected chi connectivity index (χ2v) is 8.90. The van der Waals surface area contributed by atoms with Crippen LogP contribution in [0.1, 0.15) is 9.75 Å². The van der Waals surface area contributed by atoms with Crippen LogP contribution in [0.5, 0.6) is 0 Å². The summed E-state index contributed by atoms with van der Waals surface area (Å²) in [5.74, 6) is 0. The maximum Gasteiger partial charge on any atom is 0.0438 e. The van der Waals surface area contributed by atoms with Gasteiger partial charge in [-0.05, 0) is 77.2 Å². The summed E-state index contributed by atoms with van der Waals surface area (Å²) in [5.41, 5.74) is 1.41. The molecule has 2 heteroatoms. The number of hydrogen-bond donors (Lipinski definition) is 0. The van der Waals surface area contributed by atoms with Crippen LogP contribution >= 0.6 is 22.7 Å². The molecule has 5 rings (SSSR count). The predicted octanol–water partition coefficient (Wildman–Crippen LogP) is 7.55. The van der Waals surface area contributed by atoms with Crippen molar-refractivity contribution in [1.29, 1.82) is 0 Å². The molecule has 5 aromatic rings. The van der Waals surface area contributed by atoms with E-state index in [0.717, 1.165) is 0 Å². The molecule has 0 radical (unpaired) electrons. The first-order chi connectivity index (χ1) is 11.7. The van der Waals surface area contributed by atoms with Crippen LogP contribution in [0.15, 0.2) is 60.7 Å². The van der Waals surface area contributed by atoms with Crippen LogP contribution in [-0.4, -0.2) is 0 Å². The summed E-state index contributed by atoms with van der Waals surface area (Å²) in [5, 5.41) is 6.68. The number of fused-ring (bicyclic) bond motifs is 3. The molecule has 0 aliphatic rings. The zero-order valence-corrected chi connectivity index (χ0v) is 15.2. The Morgan fingerprint density at radius 2 is 1.38 bits per heavy atom. The SMILES string of the molecule is Cc1ccc(-c2c3cc4ccccc4cc3cc3cc(C)sc23)s1. The topological polar surface area (TPSA) is 0 Å². The highest BCUT2D eigenvalue weighted by Crippen LogP contribution is 2.43. The largest absolute Gasteiger partial charge is 0.141 e. The Hall–Kier alpha value is -2.16. The van der Waals surface area contributed by atoms with Crippen LogP contribution in [0.2, 0.25) is 0 Å². The Bertz CT molecular complexity index is 1220.